The van der Waals surface area contributed by atoms with Crippen LogP contribution >= 0.6 is 0 Å². The van der Waals surface area contributed by atoms with Gasteiger partial charge in [0.15, 0.2) is 5.82 Å². The first kappa shape index (κ1) is 23.7. The monoisotopic (exact) mass is 470 g/mol. The lowest BCUT2D eigenvalue weighted by Crippen LogP contribution is -2.16. The van der Waals surface area contributed by atoms with Crippen molar-refractivity contribution in [3.05, 3.63) is 65.5 Å². The minimum absolute atomic E-state index is 0.254. The molecule has 0 unspecified atom stereocenters. The number of carboxylic acids is 1. The van der Waals surface area contributed by atoms with Crippen molar-refractivity contribution in [1.82, 2.24) is 15.2 Å². The van der Waals surface area contributed by atoms with Crippen LogP contribution in [0.2, 0.25) is 0 Å². The number of benzene rings is 1. The van der Waals surface area contributed by atoms with E-state index in [4.69, 9.17) is 5.11 Å². The summed E-state index contributed by atoms with van der Waals surface area (Å²) < 4.78 is 38.0. The molecule has 6 nitrogen and oxygen atoms in total. The highest BCUT2D eigenvalue weighted by atomic mass is 19.4. The number of nitrogens with zero attached hydrogens (tertiary/aromatic N) is 3. The molecule has 0 aliphatic heterocycles. The first-order chi connectivity index (χ1) is 16.2. The van der Waals surface area contributed by atoms with E-state index >= 15 is 0 Å². The second kappa shape index (κ2) is 9.79. The van der Waals surface area contributed by atoms with E-state index in [1.807, 2.05) is 19.1 Å². The van der Waals surface area contributed by atoms with Crippen LogP contribution < -0.4 is 5.32 Å². The molecule has 0 radical (unpaired) electrons. The number of aromatic nitrogens is 3. The highest BCUT2D eigenvalue weighted by Gasteiger charge is 2.32. The van der Waals surface area contributed by atoms with Crippen molar-refractivity contribution in [1.29, 1.82) is 0 Å². The topological polar surface area (TPSA) is 88.0 Å². The number of rotatable bonds is 6. The molecule has 2 aromatic heterocycles. The quantitative estimate of drug-likeness (QED) is 0.436. The minimum Gasteiger partial charge on any atom is -0.481 e. The standard InChI is InChI=1S/C25H25F3N4O2/c1-15-12-22(30-20-10-11-21(29-14-20)25(26,27)28)31-32-24(15)19-8-6-18(7-9-19)17-4-2-16(3-5-17)13-23(33)34/h6-12,14,16-17H,2-5,13H2,1H3,(H,30,31)(H,33,34)/t16-,17+. The molecule has 0 spiro atoms. The molecule has 1 saturated carbocycles. The van der Waals surface area contributed by atoms with Gasteiger partial charge in [-0.3, -0.25) is 4.79 Å². The fourth-order valence-electron chi connectivity index (χ4n) is 4.47. The van der Waals surface area contributed by atoms with Gasteiger partial charge in [-0.1, -0.05) is 24.3 Å². The van der Waals surface area contributed by atoms with Crippen LogP contribution in [0.3, 0.4) is 0 Å². The number of hydrogen-bond acceptors (Lipinski definition) is 5. The number of alkyl halides is 3. The number of pyridine rings is 1. The average Bonchev–Trinajstić information content (AvgIpc) is 2.79. The van der Waals surface area contributed by atoms with Crippen LogP contribution in [0.1, 0.15) is 54.8 Å². The van der Waals surface area contributed by atoms with E-state index in [1.165, 1.54) is 11.6 Å². The largest absolute Gasteiger partial charge is 0.481 e. The van der Waals surface area contributed by atoms with Crippen LogP contribution in [0.5, 0.6) is 0 Å². The number of nitrogens with one attached hydrogen (secondary N) is 1. The summed E-state index contributed by atoms with van der Waals surface area (Å²) in [6.07, 6.45) is 0.750. The minimum atomic E-state index is -4.48. The van der Waals surface area contributed by atoms with Crippen LogP contribution in [0, 0.1) is 12.8 Å². The molecule has 34 heavy (non-hydrogen) atoms. The van der Waals surface area contributed by atoms with Gasteiger partial charge >= 0.3 is 12.1 Å². The molecule has 9 heteroatoms. The second-order valence-electron chi connectivity index (χ2n) is 8.75. The third kappa shape index (κ3) is 5.70. The van der Waals surface area contributed by atoms with Crippen molar-refractivity contribution < 1.29 is 23.1 Å². The number of hydrogen-bond donors (Lipinski definition) is 2. The van der Waals surface area contributed by atoms with Gasteiger partial charge in [0.1, 0.15) is 5.69 Å². The molecular formula is C25H25F3N4O2. The fraction of sp³-hybridized carbons (Fsp3) is 0.360. The Hall–Kier alpha value is -3.49. The first-order valence-electron chi connectivity index (χ1n) is 11.2. The van der Waals surface area contributed by atoms with Gasteiger partial charge in [-0.25, -0.2) is 4.98 Å². The maximum atomic E-state index is 12.7. The van der Waals surface area contributed by atoms with Crippen LogP contribution in [-0.2, 0) is 11.0 Å². The lowest BCUT2D eigenvalue weighted by Gasteiger charge is -2.28. The zero-order valence-corrected chi connectivity index (χ0v) is 18.6. The fourth-order valence-corrected chi connectivity index (χ4v) is 4.47. The van der Waals surface area contributed by atoms with E-state index in [0.29, 0.717) is 17.4 Å². The smallest absolute Gasteiger partial charge is 0.433 e. The number of carbonyl (C=O) groups is 1. The number of aliphatic carboxylic acids is 1. The van der Waals surface area contributed by atoms with Gasteiger partial charge in [0.25, 0.3) is 0 Å². The molecule has 0 saturated heterocycles. The first-order valence-corrected chi connectivity index (χ1v) is 11.2. The molecular weight excluding hydrogens is 445 g/mol. The van der Waals surface area contributed by atoms with Crippen molar-refractivity contribution in [3.63, 3.8) is 0 Å². The van der Waals surface area contributed by atoms with Gasteiger partial charge in [-0.05, 0) is 73.8 Å². The van der Waals surface area contributed by atoms with Crippen LogP contribution in [0.15, 0.2) is 48.7 Å². The van der Waals surface area contributed by atoms with Crippen LogP contribution in [0.25, 0.3) is 11.3 Å². The Kier molecular flexibility index (Phi) is 6.81. The zero-order valence-electron chi connectivity index (χ0n) is 18.6. The number of anilines is 2. The Labute approximate surface area is 195 Å². The van der Waals surface area contributed by atoms with E-state index in [0.717, 1.165) is 54.8 Å². The SMILES string of the molecule is Cc1cc(Nc2ccc(C(F)(F)F)nc2)nnc1-c1ccc([C@H]2CC[C@@H](CC(=O)O)CC2)cc1. The highest BCUT2D eigenvalue weighted by Crippen LogP contribution is 2.37. The predicted octanol–water partition coefficient (Wildman–Crippen LogP) is 6.36. The van der Waals surface area contributed by atoms with Gasteiger partial charge in [0, 0.05) is 12.0 Å². The normalized spacial score (nSPS) is 18.5. The van der Waals surface area contributed by atoms with Crippen molar-refractivity contribution in [3.8, 4) is 11.3 Å². The van der Waals surface area contributed by atoms with Gasteiger partial charge in [0.05, 0.1) is 17.6 Å². The third-order valence-electron chi connectivity index (χ3n) is 6.28. The summed E-state index contributed by atoms with van der Waals surface area (Å²) in [5.74, 6) is 0.408. The summed E-state index contributed by atoms with van der Waals surface area (Å²) in [7, 11) is 0. The summed E-state index contributed by atoms with van der Waals surface area (Å²) in [5.41, 5.74) is 3.21. The lowest BCUT2D eigenvalue weighted by atomic mass is 9.77. The van der Waals surface area contributed by atoms with Crippen molar-refractivity contribution in [2.75, 3.05) is 5.32 Å². The van der Waals surface area contributed by atoms with Gasteiger partial charge in [-0.15, -0.1) is 10.2 Å². The summed E-state index contributed by atoms with van der Waals surface area (Å²) >= 11 is 0. The maximum Gasteiger partial charge on any atom is 0.433 e. The summed E-state index contributed by atoms with van der Waals surface area (Å²) in [4.78, 5) is 14.4. The van der Waals surface area contributed by atoms with Crippen molar-refractivity contribution in [2.24, 2.45) is 5.92 Å². The number of carboxylic acid groups (broad SMARTS) is 1. The molecule has 4 rings (SSSR count). The van der Waals surface area contributed by atoms with Gasteiger partial charge < -0.3 is 10.4 Å². The molecule has 1 aliphatic carbocycles. The Morgan fingerprint density at radius 1 is 1.06 bits per heavy atom. The van der Waals surface area contributed by atoms with Crippen LogP contribution in [0.4, 0.5) is 24.7 Å². The molecule has 178 valence electrons. The molecule has 2 heterocycles. The lowest BCUT2D eigenvalue weighted by molar-refractivity contribution is -0.141. The summed E-state index contributed by atoms with van der Waals surface area (Å²) in [6, 6.07) is 12.2. The van der Waals surface area contributed by atoms with Crippen molar-refractivity contribution >= 4 is 17.5 Å². The van der Waals surface area contributed by atoms with E-state index in [2.05, 4.69) is 32.6 Å². The highest BCUT2D eigenvalue weighted by molar-refractivity contribution is 5.67. The summed E-state index contributed by atoms with van der Waals surface area (Å²) in [6.45, 7) is 1.90. The van der Waals surface area contributed by atoms with Crippen LogP contribution in [-0.4, -0.2) is 26.3 Å². The van der Waals surface area contributed by atoms with Gasteiger partial charge in [0.2, 0.25) is 0 Å². The zero-order chi connectivity index (χ0) is 24.3. The number of halogens is 3. The molecule has 1 fully saturated rings. The molecule has 3 aromatic rings. The second-order valence-corrected chi connectivity index (χ2v) is 8.75. The molecule has 2 N–H and O–H groups in total. The predicted molar refractivity (Wildman–Crippen MR) is 122 cm³/mol. The summed E-state index contributed by atoms with van der Waals surface area (Å²) in [5, 5.41) is 20.4. The number of aryl methyl sites for hydroxylation is 1. The average molecular weight is 470 g/mol. The van der Waals surface area contributed by atoms with E-state index in [-0.39, 0.29) is 12.3 Å². The van der Waals surface area contributed by atoms with E-state index in [9.17, 15) is 18.0 Å². The molecule has 0 amide bonds. The Morgan fingerprint density at radius 3 is 2.32 bits per heavy atom. The molecule has 0 atom stereocenters. The van der Waals surface area contributed by atoms with Crippen molar-refractivity contribution in [2.45, 2.75) is 51.1 Å². The van der Waals surface area contributed by atoms with E-state index < -0.39 is 17.8 Å². The van der Waals surface area contributed by atoms with Gasteiger partial charge in [-0.2, -0.15) is 13.2 Å². The molecule has 0 bridgehead atoms. The van der Waals surface area contributed by atoms with E-state index in [1.54, 1.807) is 6.07 Å². The molecule has 1 aromatic carbocycles. The third-order valence-corrected chi connectivity index (χ3v) is 6.28. The maximum absolute atomic E-state index is 12.7. The molecule has 1 aliphatic rings. The Balaban J connectivity index is 1.40. The Bertz CT molecular complexity index is 1140. The Morgan fingerprint density at radius 2 is 1.76 bits per heavy atom.